The lowest BCUT2D eigenvalue weighted by molar-refractivity contribution is 0.102. The van der Waals surface area contributed by atoms with Crippen LogP contribution in [0.3, 0.4) is 0 Å². The Labute approximate surface area is 207 Å². The molecule has 1 amide bonds. The number of nitrogens with one attached hydrogen (secondary N) is 2. The van der Waals surface area contributed by atoms with Gasteiger partial charge >= 0.3 is 0 Å². The first kappa shape index (κ1) is 22.8. The van der Waals surface area contributed by atoms with Crippen LogP contribution in [-0.2, 0) is 0 Å². The molecule has 178 valence electrons. The molecule has 2 heterocycles. The summed E-state index contributed by atoms with van der Waals surface area (Å²) in [6.07, 6.45) is 1.62. The van der Waals surface area contributed by atoms with Gasteiger partial charge in [0.25, 0.3) is 11.5 Å². The zero-order valence-electron chi connectivity index (χ0n) is 19.7. The van der Waals surface area contributed by atoms with E-state index in [1.54, 1.807) is 43.6 Å². The Hall–Kier alpha value is -4.98. The quantitative estimate of drug-likeness (QED) is 0.366. The van der Waals surface area contributed by atoms with Crippen molar-refractivity contribution in [1.29, 1.82) is 0 Å². The summed E-state index contributed by atoms with van der Waals surface area (Å²) in [5, 5.41) is 6.31. The van der Waals surface area contributed by atoms with Crippen molar-refractivity contribution in [3.05, 3.63) is 107 Å². The lowest BCUT2D eigenvalue weighted by Gasteiger charge is -2.14. The smallest absolute Gasteiger partial charge is 0.267 e. The molecule has 8 nitrogen and oxygen atoms in total. The highest BCUT2D eigenvalue weighted by molar-refractivity contribution is 6.06. The van der Waals surface area contributed by atoms with Crippen molar-refractivity contribution in [1.82, 2.24) is 14.5 Å². The second-order valence-electron chi connectivity index (χ2n) is 7.99. The normalized spacial score (nSPS) is 10.7. The van der Waals surface area contributed by atoms with Gasteiger partial charge in [-0.25, -0.2) is 14.5 Å². The minimum absolute atomic E-state index is 0.207. The van der Waals surface area contributed by atoms with Crippen molar-refractivity contribution in [2.45, 2.75) is 0 Å². The number of rotatable bonds is 6. The van der Waals surface area contributed by atoms with E-state index in [2.05, 4.69) is 20.6 Å². The number of anilines is 2. The van der Waals surface area contributed by atoms with Gasteiger partial charge in [0, 0.05) is 24.5 Å². The standard InChI is InChI=1S/C28H23N5O3/c1-29-28-32-24-14-13-18(15-22(24)27(35)33(28)21-11-7-4-8-12-21)19-16-23(26(36-2)30-17-19)25(34)31-20-9-5-3-6-10-20/h3-17H,1-2H3,(H,29,32)(H,31,34). The van der Waals surface area contributed by atoms with Crippen molar-refractivity contribution in [3.8, 4) is 22.7 Å². The first-order valence-corrected chi connectivity index (χ1v) is 11.3. The van der Waals surface area contributed by atoms with Crippen molar-refractivity contribution in [2.75, 3.05) is 24.8 Å². The molecule has 0 saturated carbocycles. The molecule has 0 spiro atoms. The summed E-state index contributed by atoms with van der Waals surface area (Å²) in [6, 6.07) is 25.6. The molecule has 2 N–H and O–H groups in total. The highest BCUT2D eigenvalue weighted by atomic mass is 16.5. The van der Waals surface area contributed by atoms with E-state index < -0.39 is 0 Å². The number of carbonyl (C=O) groups is 1. The Balaban J connectivity index is 1.60. The summed E-state index contributed by atoms with van der Waals surface area (Å²) in [6.45, 7) is 0. The summed E-state index contributed by atoms with van der Waals surface area (Å²) in [4.78, 5) is 35.5. The Morgan fingerprint density at radius 1 is 0.917 bits per heavy atom. The van der Waals surface area contributed by atoms with Crippen LogP contribution in [0.5, 0.6) is 5.88 Å². The minimum Gasteiger partial charge on any atom is -0.480 e. The average Bonchev–Trinajstić information content (AvgIpc) is 2.93. The van der Waals surface area contributed by atoms with Crippen LogP contribution in [-0.4, -0.2) is 34.6 Å². The molecule has 0 saturated heterocycles. The lowest BCUT2D eigenvalue weighted by Crippen LogP contribution is -2.22. The van der Waals surface area contributed by atoms with Crippen molar-refractivity contribution >= 4 is 28.4 Å². The molecule has 0 aliphatic heterocycles. The summed E-state index contributed by atoms with van der Waals surface area (Å²) in [5.41, 5.74) is 3.39. The fourth-order valence-electron chi connectivity index (χ4n) is 4.00. The Kier molecular flexibility index (Phi) is 6.15. The number of fused-ring (bicyclic) bond motifs is 1. The van der Waals surface area contributed by atoms with E-state index in [-0.39, 0.29) is 22.9 Å². The number of ether oxygens (including phenoxy) is 1. The number of hydrogen-bond donors (Lipinski definition) is 2. The molecule has 0 fully saturated rings. The molecule has 0 aliphatic carbocycles. The van der Waals surface area contributed by atoms with Crippen LogP contribution in [0.1, 0.15) is 10.4 Å². The molecule has 8 heteroatoms. The number of amides is 1. The van der Waals surface area contributed by atoms with E-state index in [0.717, 1.165) is 5.56 Å². The average molecular weight is 478 g/mol. The van der Waals surface area contributed by atoms with Gasteiger partial charge in [-0.1, -0.05) is 42.5 Å². The van der Waals surface area contributed by atoms with Gasteiger partial charge in [0.1, 0.15) is 5.56 Å². The van der Waals surface area contributed by atoms with Crippen molar-refractivity contribution in [2.24, 2.45) is 0 Å². The fraction of sp³-hybridized carbons (Fsp3) is 0.0714. The molecule has 3 aromatic carbocycles. The summed E-state index contributed by atoms with van der Waals surface area (Å²) in [7, 11) is 3.20. The maximum absolute atomic E-state index is 13.6. The molecule has 0 unspecified atom stereocenters. The number of hydrogen-bond acceptors (Lipinski definition) is 6. The number of nitrogens with zero attached hydrogens (tertiary/aromatic N) is 3. The third-order valence-corrected chi connectivity index (χ3v) is 5.76. The largest absolute Gasteiger partial charge is 0.480 e. The van der Waals surface area contributed by atoms with Crippen molar-refractivity contribution < 1.29 is 9.53 Å². The summed E-state index contributed by atoms with van der Waals surface area (Å²) < 4.78 is 6.87. The lowest BCUT2D eigenvalue weighted by atomic mass is 10.0. The molecule has 0 aliphatic rings. The first-order chi connectivity index (χ1) is 17.6. The minimum atomic E-state index is -0.347. The van der Waals surface area contributed by atoms with Crippen LogP contribution in [0, 0.1) is 0 Å². The molecule has 0 bridgehead atoms. The predicted octanol–water partition coefficient (Wildman–Crippen LogP) is 4.75. The van der Waals surface area contributed by atoms with Crippen LogP contribution in [0.25, 0.3) is 27.7 Å². The van der Waals surface area contributed by atoms with E-state index in [4.69, 9.17) is 4.74 Å². The maximum atomic E-state index is 13.6. The van der Waals surface area contributed by atoms with E-state index in [0.29, 0.717) is 33.8 Å². The number of para-hydroxylation sites is 2. The highest BCUT2D eigenvalue weighted by Gasteiger charge is 2.17. The molecular formula is C28H23N5O3. The van der Waals surface area contributed by atoms with Gasteiger partial charge in [-0.15, -0.1) is 0 Å². The van der Waals surface area contributed by atoms with Gasteiger partial charge in [-0.3, -0.25) is 9.59 Å². The second kappa shape index (κ2) is 9.71. The summed E-state index contributed by atoms with van der Waals surface area (Å²) >= 11 is 0. The molecule has 5 aromatic rings. The zero-order chi connectivity index (χ0) is 25.1. The number of aromatic nitrogens is 3. The molecule has 36 heavy (non-hydrogen) atoms. The van der Waals surface area contributed by atoms with Crippen LogP contribution >= 0.6 is 0 Å². The van der Waals surface area contributed by atoms with Gasteiger partial charge in [0.2, 0.25) is 11.8 Å². The topological polar surface area (TPSA) is 98.1 Å². The van der Waals surface area contributed by atoms with Crippen LogP contribution < -0.4 is 20.9 Å². The first-order valence-electron chi connectivity index (χ1n) is 11.3. The molecular weight excluding hydrogens is 454 g/mol. The van der Waals surface area contributed by atoms with E-state index in [9.17, 15) is 9.59 Å². The van der Waals surface area contributed by atoms with Crippen molar-refractivity contribution in [3.63, 3.8) is 0 Å². The molecule has 0 radical (unpaired) electrons. The molecule has 5 rings (SSSR count). The predicted molar refractivity (Wildman–Crippen MR) is 141 cm³/mol. The third-order valence-electron chi connectivity index (χ3n) is 5.76. The fourth-order valence-corrected chi connectivity index (χ4v) is 4.00. The Bertz CT molecular complexity index is 1620. The van der Waals surface area contributed by atoms with E-state index >= 15 is 0 Å². The Morgan fingerprint density at radius 2 is 1.64 bits per heavy atom. The van der Waals surface area contributed by atoms with Gasteiger partial charge in [0.15, 0.2) is 0 Å². The van der Waals surface area contributed by atoms with Crippen LogP contribution in [0.15, 0.2) is 95.9 Å². The number of pyridine rings is 1. The highest BCUT2D eigenvalue weighted by Crippen LogP contribution is 2.27. The van der Waals surface area contributed by atoms with Gasteiger partial charge in [0.05, 0.1) is 23.7 Å². The molecule has 2 aromatic heterocycles. The number of methoxy groups -OCH3 is 1. The number of benzene rings is 3. The van der Waals surface area contributed by atoms with Gasteiger partial charge < -0.3 is 15.4 Å². The van der Waals surface area contributed by atoms with Gasteiger partial charge in [-0.2, -0.15) is 0 Å². The third kappa shape index (κ3) is 4.27. The molecule has 0 atom stereocenters. The van der Waals surface area contributed by atoms with Crippen LogP contribution in [0.4, 0.5) is 11.6 Å². The monoisotopic (exact) mass is 477 g/mol. The summed E-state index contributed by atoms with van der Waals surface area (Å²) in [5.74, 6) is 0.303. The second-order valence-corrected chi connectivity index (χ2v) is 7.99. The van der Waals surface area contributed by atoms with E-state index in [1.807, 2.05) is 54.6 Å². The van der Waals surface area contributed by atoms with E-state index in [1.165, 1.54) is 11.7 Å². The zero-order valence-corrected chi connectivity index (χ0v) is 19.7. The van der Waals surface area contributed by atoms with Gasteiger partial charge in [-0.05, 0) is 48.0 Å². The Morgan fingerprint density at radius 3 is 2.33 bits per heavy atom. The number of carbonyl (C=O) groups excluding carboxylic acids is 1. The SMILES string of the molecule is CNc1nc2ccc(-c3cnc(OC)c(C(=O)Nc4ccccc4)c3)cc2c(=O)n1-c1ccccc1. The van der Waals surface area contributed by atoms with Crippen LogP contribution in [0.2, 0.25) is 0 Å². The maximum Gasteiger partial charge on any atom is 0.267 e.